The normalized spacial score (nSPS) is 49.3. The van der Waals surface area contributed by atoms with Crippen molar-refractivity contribution in [1.82, 2.24) is 0 Å². The van der Waals surface area contributed by atoms with E-state index in [9.17, 15) is 4.79 Å². The lowest BCUT2D eigenvalue weighted by atomic mass is 9.81. The molecule has 0 spiro atoms. The molecule has 2 aliphatic carbocycles. The van der Waals surface area contributed by atoms with E-state index in [1.807, 2.05) is 0 Å². The van der Waals surface area contributed by atoms with Gasteiger partial charge in [-0.15, -0.1) is 0 Å². The lowest BCUT2D eigenvalue weighted by molar-refractivity contribution is -0.139. The molecular weight excluding hydrogens is 494 g/mol. The maximum Gasteiger partial charge on any atom is 0.338 e. The number of allylic oxidation sites excluding steroid dienone is 1. The van der Waals surface area contributed by atoms with Crippen LogP contribution in [0.2, 0.25) is 0 Å². The topological polar surface area (TPSA) is 35.5 Å². The van der Waals surface area contributed by atoms with Gasteiger partial charge in [0, 0.05) is 26.1 Å². The van der Waals surface area contributed by atoms with E-state index in [0.717, 1.165) is 24.2 Å². The van der Waals surface area contributed by atoms with Crippen LogP contribution in [0.1, 0.15) is 44.9 Å². The highest BCUT2D eigenvalue weighted by molar-refractivity contribution is 14.1. The summed E-state index contributed by atoms with van der Waals surface area (Å²) in [5, 5.41) is 0. The molecule has 0 bridgehead atoms. The first-order chi connectivity index (χ1) is 10.1. The molecule has 3 nitrogen and oxygen atoms in total. The average molecular weight is 514 g/mol. The number of carbonyl (C=O) groups excluding carboxylic acids is 1. The summed E-state index contributed by atoms with van der Waals surface area (Å²) in [5.74, 6) is 1.80. The number of hydrogen-bond acceptors (Lipinski definition) is 3. The van der Waals surface area contributed by atoms with Crippen molar-refractivity contribution in [3.63, 3.8) is 0 Å². The highest BCUT2D eigenvalue weighted by Crippen LogP contribution is 2.48. The summed E-state index contributed by atoms with van der Waals surface area (Å²) in [6.07, 6.45) is 8.63. The molecule has 0 aromatic carbocycles. The lowest BCUT2D eigenvalue weighted by Crippen LogP contribution is -2.31. The fourth-order valence-electron chi connectivity index (χ4n) is 4.45. The second-order valence-electron chi connectivity index (χ2n) is 6.75. The Kier molecular flexibility index (Phi) is 4.17. The van der Waals surface area contributed by atoms with E-state index in [4.69, 9.17) is 9.47 Å². The second-order valence-corrected chi connectivity index (χ2v) is 9.95. The molecule has 0 aromatic rings. The van der Waals surface area contributed by atoms with Crippen LogP contribution >= 0.6 is 45.2 Å². The van der Waals surface area contributed by atoms with Crippen LogP contribution in [0.5, 0.6) is 0 Å². The van der Waals surface area contributed by atoms with E-state index < -0.39 is 0 Å². The number of carbonyl (C=O) groups is 1. The van der Waals surface area contributed by atoms with Crippen molar-refractivity contribution in [2.24, 2.45) is 11.8 Å². The first kappa shape index (κ1) is 15.0. The predicted octanol–water partition coefficient (Wildman–Crippen LogP) is 4.16. The van der Waals surface area contributed by atoms with Gasteiger partial charge in [0.1, 0.15) is 18.0 Å². The number of rotatable bonds is 0. The van der Waals surface area contributed by atoms with Crippen molar-refractivity contribution in [2.75, 3.05) is 0 Å². The van der Waals surface area contributed by atoms with Crippen molar-refractivity contribution in [2.45, 2.75) is 65.0 Å². The molecule has 0 radical (unpaired) electrons. The summed E-state index contributed by atoms with van der Waals surface area (Å²) in [6.45, 7) is 0. The molecule has 6 unspecified atom stereocenters. The number of ether oxygens (including phenoxy) is 2. The van der Waals surface area contributed by atoms with Crippen LogP contribution in [0.4, 0.5) is 0 Å². The Labute approximate surface area is 152 Å². The summed E-state index contributed by atoms with van der Waals surface area (Å²) in [5.41, 5.74) is 0.902. The van der Waals surface area contributed by atoms with Crippen LogP contribution in [0, 0.1) is 11.8 Å². The number of alkyl halides is 2. The van der Waals surface area contributed by atoms with E-state index in [1.54, 1.807) is 0 Å². The Bertz CT molecular complexity index is 490. The number of esters is 1. The molecule has 0 N–H and O–H groups in total. The monoisotopic (exact) mass is 514 g/mol. The quantitative estimate of drug-likeness (QED) is 0.211. The first-order valence-corrected chi connectivity index (χ1v) is 10.5. The Morgan fingerprint density at radius 3 is 2.38 bits per heavy atom. The van der Waals surface area contributed by atoms with Gasteiger partial charge in [0.15, 0.2) is 0 Å². The average Bonchev–Trinajstić information content (AvgIpc) is 3.01. The van der Waals surface area contributed by atoms with E-state index in [2.05, 4.69) is 45.2 Å². The fourth-order valence-corrected chi connectivity index (χ4v) is 6.71. The highest BCUT2D eigenvalue weighted by Gasteiger charge is 2.50. The first-order valence-electron chi connectivity index (χ1n) is 8.04. The van der Waals surface area contributed by atoms with Crippen molar-refractivity contribution < 1.29 is 14.3 Å². The molecule has 2 heterocycles. The minimum Gasteiger partial charge on any atom is -0.493 e. The van der Waals surface area contributed by atoms with Gasteiger partial charge in [-0.25, -0.2) is 4.79 Å². The molecule has 2 saturated heterocycles. The van der Waals surface area contributed by atoms with Crippen molar-refractivity contribution >= 4 is 51.2 Å². The Morgan fingerprint density at radius 1 is 0.905 bits per heavy atom. The summed E-state index contributed by atoms with van der Waals surface area (Å²) in [7, 11) is 0. The van der Waals surface area contributed by atoms with E-state index in [-0.39, 0.29) is 18.0 Å². The molecule has 2 saturated carbocycles. The molecular formula is C16H20I2O3. The zero-order valence-electron chi connectivity index (χ0n) is 11.9. The van der Waals surface area contributed by atoms with Gasteiger partial charge in [-0.05, 0) is 25.7 Å². The zero-order valence-corrected chi connectivity index (χ0v) is 16.2. The smallest absolute Gasteiger partial charge is 0.338 e. The van der Waals surface area contributed by atoms with Gasteiger partial charge in [-0.3, -0.25) is 0 Å². The molecule has 4 rings (SSSR count). The van der Waals surface area contributed by atoms with Crippen LogP contribution in [-0.4, -0.2) is 26.0 Å². The van der Waals surface area contributed by atoms with Gasteiger partial charge in [-0.2, -0.15) is 0 Å². The van der Waals surface area contributed by atoms with E-state index in [0.29, 0.717) is 19.9 Å². The predicted molar refractivity (Wildman–Crippen MR) is 96.7 cm³/mol. The van der Waals surface area contributed by atoms with Crippen LogP contribution in [0.15, 0.2) is 11.3 Å². The van der Waals surface area contributed by atoms with Gasteiger partial charge < -0.3 is 9.47 Å². The van der Waals surface area contributed by atoms with Gasteiger partial charge in [-0.1, -0.05) is 58.0 Å². The van der Waals surface area contributed by atoms with E-state index >= 15 is 0 Å². The third-order valence-electron chi connectivity index (χ3n) is 5.48. The van der Waals surface area contributed by atoms with Crippen LogP contribution < -0.4 is 0 Å². The minimum atomic E-state index is -0.0905. The molecule has 4 fully saturated rings. The molecule has 116 valence electrons. The zero-order chi connectivity index (χ0) is 14.6. The molecule has 0 amide bonds. The Balaban J connectivity index is 1.64. The van der Waals surface area contributed by atoms with Crippen molar-refractivity contribution in [3.05, 3.63) is 11.3 Å². The maximum atomic E-state index is 12.4. The number of fused-ring (bicyclic) bond motifs is 2. The molecule has 2 aliphatic heterocycles. The SMILES string of the molecule is O=C1OC2C(I)CCCC2/C1=C1/CC2CCCC(I)C2O1. The van der Waals surface area contributed by atoms with Crippen molar-refractivity contribution in [1.29, 1.82) is 0 Å². The van der Waals surface area contributed by atoms with Crippen LogP contribution in [-0.2, 0) is 14.3 Å². The maximum absolute atomic E-state index is 12.4. The molecule has 4 aliphatic rings. The van der Waals surface area contributed by atoms with Crippen LogP contribution in [0.25, 0.3) is 0 Å². The lowest BCUT2D eigenvalue weighted by Gasteiger charge is -2.29. The summed E-state index contributed by atoms with van der Waals surface area (Å²) >= 11 is 4.98. The second kappa shape index (κ2) is 5.83. The third-order valence-corrected chi connectivity index (χ3v) is 8.15. The van der Waals surface area contributed by atoms with Gasteiger partial charge in [0.2, 0.25) is 0 Å². The Morgan fingerprint density at radius 2 is 1.62 bits per heavy atom. The third kappa shape index (κ3) is 2.54. The minimum absolute atomic E-state index is 0.0905. The number of hydrogen-bond donors (Lipinski definition) is 0. The molecule has 5 heteroatoms. The summed E-state index contributed by atoms with van der Waals surface area (Å²) in [6, 6.07) is 0. The fraction of sp³-hybridized carbons (Fsp3) is 0.812. The van der Waals surface area contributed by atoms with Gasteiger partial charge in [0.25, 0.3) is 0 Å². The van der Waals surface area contributed by atoms with Crippen LogP contribution in [0.3, 0.4) is 0 Å². The summed E-state index contributed by atoms with van der Waals surface area (Å²) in [4.78, 5) is 12.4. The standard InChI is InChI=1S/C16H20I2O3/c17-10-5-1-3-8-7-12(20-14(8)10)13-9-4-2-6-11(18)15(9)21-16(13)19/h8-11,14-15H,1-7H2/b13-12+. The van der Waals surface area contributed by atoms with Crippen molar-refractivity contribution in [3.8, 4) is 0 Å². The van der Waals surface area contributed by atoms with Gasteiger partial charge >= 0.3 is 5.97 Å². The molecule has 21 heavy (non-hydrogen) atoms. The van der Waals surface area contributed by atoms with E-state index in [1.165, 1.54) is 32.1 Å². The Hall–Kier alpha value is 0.470. The van der Waals surface area contributed by atoms with Gasteiger partial charge in [0.05, 0.1) is 5.57 Å². The highest BCUT2D eigenvalue weighted by atomic mass is 127. The molecule has 6 atom stereocenters. The molecule has 0 aromatic heterocycles. The largest absolute Gasteiger partial charge is 0.493 e. The summed E-state index contributed by atoms with van der Waals surface area (Å²) < 4.78 is 13.0. The number of halogens is 2.